The lowest BCUT2D eigenvalue weighted by Crippen LogP contribution is -2.07. The molecule has 0 saturated carbocycles. The zero-order valence-electron chi connectivity index (χ0n) is 11.8. The van der Waals surface area contributed by atoms with Gasteiger partial charge in [-0.1, -0.05) is 39.0 Å². The largest absolute Gasteiger partial charge is 0.459 e. The van der Waals surface area contributed by atoms with Gasteiger partial charge in [0.25, 0.3) is 0 Å². The molecule has 0 atom stereocenters. The first-order valence-electron chi connectivity index (χ1n) is 6.84. The summed E-state index contributed by atoms with van der Waals surface area (Å²) in [6.07, 6.45) is 2.10. The lowest BCUT2D eigenvalue weighted by atomic mass is 9.98. The van der Waals surface area contributed by atoms with Crippen LogP contribution in [0.2, 0.25) is 0 Å². The van der Waals surface area contributed by atoms with Crippen molar-refractivity contribution in [2.45, 2.75) is 40.2 Å². The fraction of sp³-hybridized carbons (Fsp3) is 0.500. The summed E-state index contributed by atoms with van der Waals surface area (Å²) < 4.78 is 6.10. The molecule has 0 spiro atoms. The average molecular weight is 245 g/mol. The van der Waals surface area contributed by atoms with Crippen LogP contribution in [0.4, 0.5) is 0 Å². The predicted molar refractivity (Wildman–Crippen MR) is 76.9 cm³/mol. The third kappa shape index (κ3) is 2.44. The van der Waals surface area contributed by atoms with Gasteiger partial charge in [-0.3, -0.25) is 0 Å². The first kappa shape index (κ1) is 13.2. The molecule has 1 aromatic carbocycles. The number of hydrogen-bond acceptors (Lipinski definition) is 2. The summed E-state index contributed by atoms with van der Waals surface area (Å²) >= 11 is 0. The summed E-state index contributed by atoms with van der Waals surface area (Å²) in [4.78, 5) is 0. The number of nitrogens with one attached hydrogen (secondary N) is 1. The van der Waals surface area contributed by atoms with Gasteiger partial charge in [0.05, 0.1) is 6.54 Å². The lowest BCUT2D eigenvalue weighted by Gasteiger charge is -2.05. The van der Waals surface area contributed by atoms with Crippen molar-refractivity contribution in [2.75, 3.05) is 7.05 Å². The van der Waals surface area contributed by atoms with Crippen molar-refractivity contribution in [3.05, 3.63) is 35.1 Å². The molecule has 1 heterocycles. The zero-order chi connectivity index (χ0) is 13.1. The van der Waals surface area contributed by atoms with Crippen molar-refractivity contribution in [1.29, 1.82) is 0 Å². The number of aryl methyl sites for hydroxylation is 1. The Bertz CT molecular complexity index is 525. The molecule has 2 rings (SSSR count). The lowest BCUT2D eigenvalue weighted by molar-refractivity contribution is 0.514. The number of furan rings is 1. The first-order valence-corrected chi connectivity index (χ1v) is 6.84. The molecule has 0 saturated heterocycles. The van der Waals surface area contributed by atoms with E-state index in [9.17, 15) is 0 Å². The number of benzene rings is 1. The van der Waals surface area contributed by atoms with Gasteiger partial charge in [0, 0.05) is 10.9 Å². The molecule has 0 amide bonds. The minimum atomic E-state index is 0.645. The van der Waals surface area contributed by atoms with Crippen LogP contribution >= 0.6 is 0 Å². The van der Waals surface area contributed by atoms with E-state index >= 15 is 0 Å². The quantitative estimate of drug-likeness (QED) is 0.864. The van der Waals surface area contributed by atoms with Gasteiger partial charge in [-0.05, 0) is 31.4 Å². The van der Waals surface area contributed by atoms with Gasteiger partial charge in [0.15, 0.2) is 0 Å². The summed E-state index contributed by atoms with van der Waals surface area (Å²) in [5.74, 6) is 1.74. The van der Waals surface area contributed by atoms with Gasteiger partial charge in [-0.15, -0.1) is 0 Å². The van der Waals surface area contributed by atoms with E-state index in [2.05, 4.69) is 44.3 Å². The second-order valence-corrected chi connectivity index (χ2v) is 5.28. The second-order valence-electron chi connectivity index (χ2n) is 5.28. The highest BCUT2D eigenvalue weighted by Crippen LogP contribution is 2.30. The topological polar surface area (TPSA) is 25.2 Å². The van der Waals surface area contributed by atoms with Crippen LogP contribution in [0.3, 0.4) is 0 Å². The molecular formula is C16H23NO. The molecule has 2 aromatic rings. The fourth-order valence-corrected chi connectivity index (χ4v) is 2.49. The van der Waals surface area contributed by atoms with E-state index in [0.29, 0.717) is 5.92 Å². The van der Waals surface area contributed by atoms with E-state index in [4.69, 9.17) is 4.42 Å². The van der Waals surface area contributed by atoms with E-state index in [0.717, 1.165) is 30.7 Å². The Labute approximate surface area is 109 Å². The van der Waals surface area contributed by atoms with E-state index in [1.54, 1.807) is 0 Å². The zero-order valence-corrected chi connectivity index (χ0v) is 11.8. The van der Waals surface area contributed by atoms with Crippen LogP contribution in [0.1, 0.15) is 37.7 Å². The Morgan fingerprint density at radius 1 is 1.28 bits per heavy atom. The van der Waals surface area contributed by atoms with Gasteiger partial charge in [0.2, 0.25) is 0 Å². The number of fused-ring (bicyclic) bond motifs is 1. The molecular weight excluding hydrogens is 222 g/mol. The van der Waals surface area contributed by atoms with Crippen molar-refractivity contribution in [2.24, 2.45) is 5.92 Å². The normalized spacial score (nSPS) is 11.6. The molecule has 2 heteroatoms. The highest BCUT2D eigenvalue weighted by Gasteiger charge is 2.16. The molecule has 18 heavy (non-hydrogen) atoms. The van der Waals surface area contributed by atoms with Gasteiger partial charge in [0.1, 0.15) is 11.3 Å². The highest BCUT2D eigenvalue weighted by molar-refractivity contribution is 5.85. The fourth-order valence-electron chi connectivity index (χ4n) is 2.49. The van der Waals surface area contributed by atoms with Crippen LogP contribution < -0.4 is 5.32 Å². The standard InChI is InChI=1S/C16H23NO/c1-5-12-7-6-8-13-14(9-11(2)3)15(10-17-4)18-16(12)13/h6-8,11,17H,5,9-10H2,1-4H3. The average Bonchev–Trinajstić information content (AvgIpc) is 2.67. The van der Waals surface area contributed by atoms with Gasteiger partial charge in [-0.25, -0.2) is 0 Å². The Morgan fingerprint density at radius 3 is 2.67 bits per heavy atom. The summed E-state index contributed by atoms with van der Waals surface area (Å²) in [5.41, 5.74) is 3.77. The van der Waals surface area contributed by atoms with Crippen LogP contribution in [0.25, 0.3) is 11.0 Å². The third-order valence-electron chi connectivity index (χ3n) is 3.31. The van der Waals surface area contributed by atoms with E-state index in [1.165, 1.54) is 16.5 Å². The van der Waals surface area contributed by atoms with Crippen molar-refractivity contribution in [1.82, 2.24) is 5.32 Å². The van der Waals surface area contributed by atoms with Crippen LogP contribution in [0.5, 0.6) is 0 Å². The van der Waals surface area contributed by atoms with Crippen molar-refractivity contribution in [3.8, 4) is 0 Å². The number of para-hydroxylation sites is 1. The molecule has 0 aliphatic carbocycles. The third-order valence-corrected chi connectivity index (χ3v) is 3.31. The molecule has 0 bridgehead atoms. The van der Waals surface area contributed by atoms with Gasteiger partial charge >= 0.3 is 0 Å². The van der Waals surface area contributed by atoms with Gasteiger partial charge in [-0.2, -0.15) is 0 Å². The Balaban J connectivity index is 2.59. The predicted octanol–water partition coefficient (Wildman–Crippen LogP) is 3.91. The number of rotatable bonds is 5. The molecule has 1 N–H and O–H groups in total. The van der Waals surface area contributed by atoms with Crippen LogP contribution in [0.15, 0.2) is 22.6 Å². The molecule has 0 aliphatic heterocycles. The summed E-state index contributed by atoms with van der Waals surface area (Å²) in [6.45, 7) is 7.49. The molecule has 0 aliphatic rings. The summed E-state index contributed by atoms with van der Waals surface area (Å²) in [5, 5.41) is 4.50. The summed E-state index contributed by atoms with van der Waals surface area (Å²) in [7, 11) is 1.97. The van der Waals surface area contributed by atoms with Crippen molar-refractivity contribution < 1.29 is 4.42 Å². The van der Waals surface area contributed by atoms with Crippen LogP contribution in [-0.4, -0.2) is 7.05 Å². The van der Waals surface area contributed by atoms with E-state index in [-0.39, 0.29) is 0 Å². The monoisotopic (exact) mass is 245 g/mol. The molecule has 0 radical (unpaired) electrons. The van der Waals surface area contributed by atoms with Crippen molar-refractivity contribution in [3.63, 3.8) is 0 Å². The molecule has 0 fully saturated rings. The minimum Gasteiger partial charge on any atom is -0.459 e. The Hall–Kier alpha value is -1.28. The van der Waals surface area contributed by atoms with Crippen molar-refractivity contribution >= 4 is 11.0 Å². The SMILES string of the molecule is CCc1cccc2c(CC(C)C)c(CNC)oc12. The highest BCUT2D eigenvalue weighted by atomic mass is 16.3. The molecule has 2 nitrogen and oxygen atoms in total. The Kier molecular flexibility index (Phi) is 4.07. The molecule has 98 valence electrons. The summed E-state index contributed by atoms with van der Waals surface area (Å²) in [6, 6.07) is 6.49. The van der Waals surface area contributed by atoms with E-state index in [1.807, 2.05) is 7.05 Å². The maximum absolute atomic E-state index is 6.10. The minimum absolute atomic E-state index is 0.645. The Morgan fingerprint density at radius 2 is 2.06 bits per heavy atom. The smallest absolute Gasteiger partial charge is 0.137 e. The molecule has 0 unspecified atom stereocenters. The van der Waals surface area contributed by atoms with E-state index < -0.39 is 0 Å². The number of hydrogen-bond donors (Lipinski definition) is 1. The first-order chi connectivity index (χ1) is 8.67. The second kappa shape index (κ2) is 5.57. The molecule has 1 aromatic heterocycles. The van der Waals surface area contributed by atoms with Gasteiger partial charge < -0.3 is 9.73 Å². The van der Waals surface area contributed by atoms with Crippen LogP contribution in [-0.2, 0) is 19.4 Å². The van der Waals surface area contributed by atoms with Crippen LogP contribution in [0, 0.1) is 5.92 Å². The maximum atomic E-state index is 6.10. The maximum Gasteiger partial charge on any atom is 0.137 e.